The van der Waals surface area contributed by atoms with E-state index in [4.69, 9.17) is 0 Å². The largest absolute Gasteiger partial charge is 0.390 e. The number of urea groups is 2. The van der Waals surface area contributed by atoms with Crippen molar-refractivity contribution in [3.05, 3.63) is 143 Å². The second-order valence-corrected chi connectivity index (χ2v) is 18.2. The van der Waals surface area contributed by atoms with Gasteiger partial charge >= 0.3 is 12.1 Å². The second kappa shape index (κ2) is 21.3. The SMILES string of the molecule is O=C(NC[C@H](O)CN1CCc2ccccc2C1)N1CCS[C@@H](c2ccccc2)C1.O=C(NC[C@H](O)CN1CCc2ccccc2C1)N1CCS[C@H](c2ccccc2)C1. The first-order valence-corrected chi connectivity index (χ1v) is 22.8. The number of rotatable bonds is 10. The molecule has 10 nitrogen and oxygen atoms in total. The lowest BCUT2D eigenvalue weighted by atomic mass is 10.00. The number of benzene rings is 4. The van der Waals surface area contributed by atoms with Crippen molar-refractivity contribution in [2.45, 2.75) is 48.6 Å². The Morgan fingerprint density at radius 3 is 1.34 bits per heavy atom. The van der Waals surface area contributed by atoms with Gasteiger partial charge in [0.1, 0.15) is 0 Å². The number of thioether (sulfide) groups is 2. The van der Waals surface area contributed by atoms with Crippen molar-refractivity contribution in [3.8, 4) is 0 Å². The van der Waals surface area contributed by atoms with Crippen molar-refractivity contribution in [2.24, 2.45) is 0 Å². The zero-order chi connectivity index (χ0) is 40.1. The Kier molecular flexibility index (Phi) is 15.4. The third-order valence-electron chi connectivity index (χ3n) is 11.4. The number of nitrogens with zero attached hydrogens (tertiary/aromatic N) is 4. The molecule has 0 saturated carbocycles. The third kappa shape index (κ3) is 12.0. The third-order valence-corrected chi connectivity index (χ3v) is 13.9. The number of amides is 4. The van der Waals surface area contributed by atoms with Gasteiger partial charge in [0.25, 0.3) is 0 Å². The Hall–Kier alpha value is -4.04. The van der Waals surface area contributed by atoms with E-state index in [0.717, 1.165) is 63.6 Å². The Balaban J connectivity index is 0.000000177. The van der Waals surface area contributed by atoms with Crippen LogP contribution in [0.4, 0.5) is 9.59 Å². The number of nitrogens with one attached hydrogen (secondary N) is 2. The molecule has 4 atom stereocenters. The van der Waals surface area contributed by atoms with Crippen LogP contribution in [0, 0.1) is 0 Å². The first-order chi connectivity index (χ1) is 28.4. The molecular formula is C46H58N6O4S2. The van der Waals surface area contributed by atoms with Crippen LogP contribution in [0.1, 0.15) is 43.9 Å². The van der Waals surface area contributed by atoms with Crippen LogP contribution in [-0.2, 0) is 25.9 Å². The highest BCUT2D eigenvalue weighted by molar-refractivity contribution is 7.99. The van der Waals surface area contributed by atoms with E-state index in [0.29, 0.717) is 36.7 Å². The molecule has 0 unspecified atom stereocenters. The summed E-state index contributed by atoms with van der Waals surface area (Å²) in [5, 5.41) is 27.4. The quantitative estimate of drug-likeness (QED) is 0.159. The molecule has 4 amide bonds. The van der Waals surface area contributed by atoms with E-state index >= 15 is 0 Å². The molecule has 0 radical (unpaired) electrons. The summed E-state index contributed by atoms with van der Waals surface area (Å²) >= 11 is 3.80. The summed E-state index contributed by atoms with van der Waals surface area (Å²) in [6.07, 6.45) is 0.907. The van der Waals surface area contributed by atoms with Crippen LogP contribution in [0.3, 0.4) is 0 Å². The molecule has 4 aliphatic heterocycles. The minimum atomic E-state index is -0.562. The van der Waals surface area contributed by atoms with E-state index in [-0.39, 0.29) is 25.2 Å². The van der Waals surface area contributed by atoms with Crippen LogP contribution >= 0.6 is 23.5 Å². The average Bonchev–Trinajstić information content (AvgIpc) is 3.28. The van der Waals surface area contributed by atoms with Crippen LogP contribution in [-0.4, -0.2) is 131 Å². The van der Waals surface area contributed by atoms with Crippen LogP contribution in [0.2, 0.25) is 0 Å². The van der Waals surface area contributed by atoms with Gasteiger partial charge in [-0.25, -0.2) is 9.59 Å². The highest BCUT2D eigenvalue weighted by Gasteiger charge is 2.28. The average molecular weight is 823 g/mol. The maximum Gasteiger partial charge on any atom is 0.317 e. The van der Waals surface area contributed by atoms with Crippen molar-refractivity contribution in [1.82, 2.24) is 30.2 Å². The summed E-state index contributed by atoms with van der Waals surface area (Å²) in [7, 11) is 0. The van der Waals surface area contributed by atoms with E-state index in [2.05, 4.69) is 93.2 Å². The topological polar surface area (TPSA) is 112 Å². The van der Waals surface area contributed by atoms with Gasteiger partial charge < -0.3 is 30.6 Å². The number of hydrogen-bond donors (Lipinski definition) is 4. The molecule has 2 fully saturated rings. The lowest BCUT2D eigenvalue weighted by Gasteiger charge is -2.33. The second-order valence-electron chi connectivity index (χ2n) is 15.6. The summed E-state index contributed by atoms with van der Waals surface area (Å²) in [6.45, 7) is 8.28. The number of carbonyl (C=O) groups excluding carboxylic acids is 2. The molecule has 0 aromatic heterocycles. The molecule has 4 aliphatic rings. The lowest BCUT2D eigenvalue weighted by Crippen LogP contribution is -2.48. The molecule has 0 spiro atoms. The predicted molar refractivity (Wildman–Crippen MR) is 236 cm³/mol. The normalized spacial score (nSPS) is 20.7. The Morgan fingerprint density at radius 1 is 0.552 bits per heavy atom. The Morgan fingerprint density at radius 2 is 0.931 bits per heavy atom. The zero-order valence-electron chi connectivity index (χ0n) is 33.3. The van der Waals surface area contributed by atoms with Gasteiger partial charge in [0, 0.05) is 101 Å². The van der Waals surface area contributed by atoms with Crippen molar-refractivity contribution in [3.63, 3.8) is 0 Å². The number of β-amino-alcohol motifs (C(OH)–C–C–N with tert-alkyl or cyclic N) is 2. The highest BCUT2D eigenvalue weighted by Crippen LogP contribution is 2.34. The first kappa shape index (κ1) is 42.1. The minimum absolute atomic E-state index is 0.0747. The molecular weight excluding hydrogens is 765 g/mol. The molecule has 2 saturated heterocycles. The van der Waals surface area contributed by atoms with E-state index in [1.165, 1.54) is 33.4 Å². The Labute approximate surface area is 352 Å². The van der Waals surface area contributed by atoms with Crippen molar-refractivity contribution < 1.29 is 19.8 Å². The van der Waals surface area contributed by atoms with Gasteiger partial charge in [0.05, 0.1) is 12.2 Å². The molecule has 8 rings (SSSR count). The molecule has 4 heterocycles. The van der Waals surface area contributed by atoms with Crippen LogP contribution in [0.15, 0.2) is 109 Å². The highest BCUT2D eigenvalue weighted by atomic mass is 32.2. The van der Waals surface area contributed by atoms with E-state index in [9.17, 15) is 19.8 Å². The molecule has 58 heavy (non-hydrogen) atoms. The summed E-state index contributed by atoms with van der Waals surface area (Å²) in [6, 6.07) is 37.6. The minimum Gasteiger partial charge on any atom is -0.390 e. The van der Waals surface area contributed by atoms with Gasteiger partial charge in [0.2, 0.25) is 0 Å². The van der Waals surface area contributed by atoms with Crippen molar-refractivity contribution in [1.29, 1.82) is 0 Å². The van der Waals surface area contributed by atoms with E-state index in [1.807, 2.05) is 69.7 Å². The number of hydrogen-bond acceptors (Lipinski definition) is 8. The zero-order valence-corrected chi connectivity index (χ0v) is 35.0. The van der Waals surface area contributed by atoms with E-state index in [1.54, 1.807) is 0 Å². The van der Waals surface area contributed by atoms with Gasteiger partial charge in [-0.05, 0) is 46.2 Å². The van der Waals surface area contributed by atoms with Gasteiger partial charge in [-0.15, -0.1) is 0 Å². The van der Waals surface area contributed by atoms with Crippen LogP contribution in [0.25, 0.3) is 0 Å². The molecule has 308 valence electrons. The number of carbonyl (C=O) groups is 2. The van der Waals surface area contributed by atoms with Crippen LogP contribution < -0.4 is 10.6 Å². The van der Waals surface area contributed by atoms with Gasteiger partial charge in [0.15, 0.2) is 0 Å². The first-order valence-electron chi connectivity index (χ1n) is 20.7. The lowest BCUT2D eigenvalue weighted by molar-refractivity contribution is 0.103. The summed E-state index contributed by atoms with van der Waals surface area (Å²) in [5.74, 6) is 1.87. The Bertz CT molecular complexity index is 1770. The molecule has 4 N–H and O–H groups in total. The fraction of sp³-hybridized carbons (Fsp3) is 0.435. The maximum absolute atomic E-state index is 12.6. The molecule has 4 aromatic carbocycles. The van der Waals surface area contributed by atoms with Crippen molar-refractivity contribution >= 4 is 35.6 Å². The fourth-order valence-corrected chi connectivity index (χ4v) is 10.7. The number of fused-ring (bicyclic) bond motifs is 2. The van der Waals surface area contributed by atoms with Crippen molar-refractivity contribution in [2.75, 3.05) is 77.0 Å². The predicted octanol–water partition coefficient (Wildman–Crippen LogP) is 5.81. The number of aliphatic hydroxyl groups excluding tert-OH is 2. The van der Waals surface area contributed by atoms with Gasteiger partial charge in [-0.2, -0.15) is 23.5 Å². The van der Waals surface area contributed by atoms with E-state index < -0.39 is 12.2 Å². The molecule has 0 bridgehead atoms. The van der Waals surface area contributed by atoms with Crippen LogP contribution in [0.5, 0.6) is 0 Å². The molecule has 0 aliphatic carbocycles. The maximum atomic E-state index is 12.6. The molecule has 12 heteroatoms. The van der Waals surface area contributed by atoms with Gasteiger partial charge in [-0.1, -0.05) is 109 Å². The standard InChI is InChI=1S/2C23H29N3O2S/c2*27-21(16-25-11-10-18-6-4-5-9-20(18)15-25)14-24-23(28)26-12-13-29-22(17-26)19-7-2-1-3-8-19/h2*1-9,21-22,27H,10-17H2,(H,24,28)/t21-,22+;21-,22-/m00/s1. The monoisotopic (exact) mass is 822 g/mol. The summed E-state index contributed by atoms with van der Waals surface area (Å²) < 4.78 is 0. The van der Waals surface area contributed by atoms with Gasteiger partial charge in [-0.3, -0.25) is 9.80 Å². The smallest absolute Gasteiger partial charge is 0.317 e. The molecule has 4 aromatic rings. The summed E-state index contributed by atoms with van der Waals surface area (Å²) in [4.78, 5) is 33.5. The fourth-order valence-electron chi connectivity index (χ4n) is 8.19. The summed E-state index contributed by atoms with van der Waals surface area (Å²) in [5.41, 5.74) is 8.02. The number of aliphatic hydroxyl groups is 2.